The maximum Gasteiger partial charge on any atom is 0.766 e. The van der Waals surface area contributed by atoms with Crippen molar-refractivity contribution in [2.75, 3.05) is 0 Å². The van der Waals surface area contributed by atoms with E-state index in [0.29, 0.717) is 6.42 Å². The summed E-state index contributed by atoms with van der Waals surface area (Å²) in [5.41, 5.74) is 0. The molecule has 1 atom stereocenters. The van der Waals surface area contributed by atoms with Crippen LogP contribution in [0, 0.1) is 0 Å². The number of rotatable bonds is 3. The van der Waals surface area contributed by atoms with Gasteiger partial charge in [0.25, 0.3) is 0 Å². The molecule has 4 nitrogen and oxygen atoms in total. The van der Waals surface area contributed by atoms with Crippen LogP contribution in [0.2, 0.25) is 0 Å². The zero-order valence-corrected chi connectivity index (χ0v) is 5.50. The Morgan fingerprint density at radius 1 is 1.78 bits per heavy atom. The van der Waals surface area contributed by atoms with Gasteiger partial charge in [-0.05, 0) is 0 Å². The molecule has 6 heteroatoms. The smallest absolute Gasteiger partial charge is 0.511 e. The zero-order valence-electron chi connectivity index (χ0n) is 4.50. The first-order valence-corrected chi connectivity index (χ1v) is 3.50. The van der Waals surface area contributed by atoms with Gasteiger partial charge in [0.05, 0.1) is 0 Å². The minimum Gasteiger partial charge on any atom is -0.511 e. The molecule has 9 heavy (non-hydrogen) atoms. The van der Waals surface area contributed by atoms with Crippen molar-refractivity contribution in [3.8, 4) is 0 Å². The first kappa shape index (κ1) is 11.9. The van der Waals surface area contributed by atoms with Crippen molar-refractivity contribution in [3.63, 3.8) is 0 Å². The van der Waals surface area contributed by atoms with Crippen LogP contribution in [0.5, 0.6) is 0 Å². The van der Waals surface area contributed by atoms with Gasteiger partial charge in [-0.3, -0.25) is 4.46 Å². The lowest BCUT2D eigenvalue weighted by Gasteiger charge is -2.03. The van der Waals surface area contributed by atoms with Gasteiger partial charge in [-0.1, -0.05) is 6.92 Å². The highest BCUT2D eigenvalue weighted by Crippen LogP contribution is 1.89. The Bertz CT molecular complexity index is 87.9. The molecular formula is C3H11AlO4Si. The van der Waals surface area contributed by atoms with E-state index in [1.807, 2.05) is 0 Å². The highest BCUT2D eigenvalue weighted by Gasteiger charge is 2.08. The summed E-state index contributed by atoms with van der Waals surface area (Å²) >= 11 is 0. The molecule has 0 aromatic carbocycles. The molecular weight excluding hydrogens is 155 g/mol. The fraction of sp³-hybridized carbons (Fsp3) is 1.00. The van der Waals surface area contributed by atoms with E-state index in [9.17, 15) is 4.46 Å². The molecule has 0 fully saturated rings. The second-order valence-corrected chi connectivity index (χ2v) is 2.01. The van der Waals surface area contributed by atoms with Crippen molar-refractivity contribution in [3.05, 3.63) is 0 Å². The van der Waals surface area contributed by atoms with Gasteiger partial charge < -0.3 is 14.3 Å². The van der Waals surface area contributed by atoms with Gasteiger partial charge >= 0.3 is 9.17 Å². The van der Waals surface area contributed by atoms with Crippen molar-refractivity contribution < 1.29 is 18.8 Å². The van der Waals surface area contributed by atoms with E-state index in [2.05, 4.69) is 4.43 Å². The summed E-state index contributed by atoms with van der Waals surface area (Å²) in [7, 11) is -2.95. The quantitative estimate of drug-likeness (QED) is 0.374. The van der Waals surface area contributed by atoms with E-state index in [1.54, 1.807) is 6.92 Å². The Labute approximate surface area is 65.5 Å². The third-order valence-corrected chi connectivity index (χ3v) is 1.06. The fourth-order valence-electron chi connectivity index (χ4n) is 0.200. The van der Waals surface area contributed by atoms with Crippen LogP contribution in [-0.2, 0) is 8.89 Å². The first-order chi connectivity index (χ1) is 3.66. The van der Waals surface area contributed by atoms with Gasteiger partial charge in [0, 0.05) is 6.42 Å². The summed E-state index contributed by atoms with van der Waals surface area (Å²) in [6.45, 7) is 1.65. The second-order valence-electron chi connectivity index (χ2n) is 1.25. The molecule has 0 aromatic rings. The third kappa shape index (κ3) is 8.11. The monoisotopic (exact) mass is 166 g/mol. The largest absolute Gasteiger partial charge is 0.766 e. The number of hydrogen-bond acceptors (Lipinski definition) is 3. The molecule has 0 saturated heterocycles. The Balaban J connectivity index is 0. The summed E-state index contributed by atoms with van der Waals surface area (Å²) in [5, 5.41) is 8.47. The molecule has 0 bridgehead atoms. The van der Waals surface area contributed by atoms with Crippen molar-refractivity contribution in [1.29, 1.82) is 0 Å². The topological polar surface area (TPSA) is 66.8 Å². The molecule has 0 aliphatic carbocycles. The lowest BCUT2D eigenvalue weighted by Crippen LogP contribution is -2.17. The van der Waals surface area contributed by atoms with Crippen LogP contribution in [0.15, 0.2) is 0 Å². The molecule has 0 rings (SSSR count). The lowest BCUT2D eigenvalue weighted by molar-refractivity contribution is -0.0383. The molecule has 0 heterocycles. The first-order valence-electron chi connectivity index (χ1n) is 2.24. The van der Waals surface area contributed by atoms with E-state index in [1.165, 1.54) is 0 Å². The average Bonchev–Trinajstić information content (AvgIpc) is 1.65. The summed E-state index contributed by atoms with van der Waals surface area (Å²) in [6.07, 6.45) is -0.761. The van der Waals surface area contributed by atoms with Gasteiger partial charge in [0.2, 0.25) is 0 Å². The minimum absolute atomic E-state index is 0. The summed E-state index contributed by atoms with van der Waals surface area (Å²) in [6, 6.07) is 0. The minimum atomic E-state index is -2.95. The SMILES string of the molecule is CCC(O)O[Si](=O)O.[AlH3]. The fourth-order valence-corrected chi connectivity index (χ4v) is 0.599. The Morgan fingerprint density at radius 2 is 2.22 bits per heavy atom. The van der Waals surface area contributed by atoms with Gasteiger partial charge in [0.15, 0.2) is 23.7 Å². The van der Waals surface area contributed by atoms with Crippen LogP contribution in [0.4, 0.5) is 0 Å². The number of hydrogen-bond donors (Lipinski definition) is 2. The van der Waals surface area contributed by atoms with Crippen molar-refractivity contribution in [2.45, 2.75) is 19.6 Å². The highest BCUT2D eigenvalue weighted by molar-refractivity contribution is 6.24. The molecule has 54 valence electrons. The Morgan fingerprint density at radius 3 is 2.33 bits per heavy atom. The Kier molecular flexibility index (Phi) is 8.21. The molecule has 0 aromatic heterocycles. The highest BCUT2D eigenvalue weighted by atomic mass is 28.3. The maximum absolute atomic E-state index is 9.77. The molecule has 0 spiro atoms. The van der Waals surface area contributed by atoms with Gasteiger partial charge in [0.1, 0.15) is 0 Å². The zero-order chi connectivity index (χ0) is 6.57. The van der Waals surface area contributed by atoms with E-state index >= 15 is 0 Å². The predicted molar refractivity (Wildman–Crippen MR) is 36.0 cm³/mol. The van der Waals surface area contributed by atoms with Crippen LogP contribution in [0.1, 0.15) is 13.3 Å². The molecule has 0 amide bonds. The van der Waals surface area contributed by atoms with Gasteiger partial charge in [-0.2, -0.15) is 0 Å². The predicted octanol–water partition coefficient (Wildman–Crippen LogP) is -2.04. The van der Waals surface area contributed by atoms with Crippen molar-refractivity contribution in [1.82, 2.24) is 0 Å². The van der Waals surface area contributed by atoms with Crippen LogP contribution in [0.3, 0.4) is 0 Å². The van der Waals surface area contributed by atoms with Crippen LogP contribution >= 0.6 is 0 Å². The maximum atomic E-state index is 9.77. The molecule has 0 aliphatic rings. The van der Waals surface area contributed by atoms with Crippen LogP contribution in [-0.4, -0.2) is 42.7 Å². The molecule has 1 unspecified atom stereocenters. The van der Waals surface area contributed by atoms with Crippen LogP contribution in [0.25, 0.3) is 0 Å². The average molecular weight is 166 g/mol. The van der Waals surface area contributed by atoms with E-state index in [-0.39, 0.29) is 17.4 Å². The van der Waals surface area contributed by atoms with E-state index in [0.717, 1.165) is 0 Å². The van der Waals surface area contributed by atoms with E-state index in [4.69, 9.17) is 9.90 Å². The molecule has 0 saturated carbocycles. The van der Waals surface area contributed by atoms with Crippen molar-refractivity contribution >= 4 is 26.5 Å². The van der Waals surface area contributed by atoms with Crippen LogP contribution < -0.4 is 0 Å². The summed E-state index contributed by atoms with van der Waals surface area (Å²) < 4.78 is 13.8. The van der Waals surface area contributed by atoms with Crippen molar-refractivity contribution in [2.24, 2.45) is 0 Å². The Hall–Kier alpha value is 0.109. The number of aliphatic hydroxyl groups excluding tert-OH is 1. The van der Waals surface area contributed by atoms with Gasteiger partial charge in [-0.25, -0.2) is 0 Å². The standard InChI is InChI=1S/C3H8O4Si.Al.3H/c1-2-3(4)7-8(5)6;;;;/h3-5H,2H2,1H3;;;;. The normalized spacial score (nSPS) is 11.3. The summed E-state index contributed by atoms with van der Waals surface area (Å²) in [5.74, 6) is 0. The molecule has 2 N–H and O–H groups in total. The molecule has 0 aliphatic heterocycles. The molecule has 0 radical (unpaired) electrons. The third-order valence-electron chi connectivity index (χ3n) is 0.586. The summed E-state index contributed by atoms with van der Waals surface area (Å²) in [4.78, 5) is 8.02. The van der Waals surface area contributed by atoms with Gasteiger partial charge in [-0.15, -0.1) is 0 Å². The van der Waals surface area contributed by atoms with E-state index < -0.39 is 15.5 Å². The lowest BCUT2D eigenvalue weighted by atomic mass is 10.5. The second kappa shape index (κ2) is 6.23. The number of aliphatic hydroxyl groups is 1.